The smallest absolute Gasteiger partial charge is 0.306 e. The van der Waals surface area contributed by atoms with Gasteiger partial charge in [-0.2, -0.15) is 0 Å². The second kappa shape index (κ2) is 61.1. The zero-order chi connectivity index (χ0) is 59.3. The summed E-state index contributed by atoms with van der Waals surface area (Å²) in [6.45, 7) is 6.87. The topological polar surface area (TPSA) is 114 Å². The van der Waals surface area contributed by atoms with Gasteiger partial charge in [0.25, 0.3) is 7.82 Å². The highest BCUT2D eigenvalue weighted by Crippen LogP contribution is 2.38. The Labute approximate surface area is 503 Å². The molecule has 81 heavy (non-hydrogen) atoms. The maximum atomic E-state index is 13.6. The highest BCUT2D eigenvalue weighted by atomic mass is 31.2. The van der Waals surface area contributed by atoms with Gasteiger partial charge in [-0.05, 0) is 70.3 Å². The molecule has 0 saturated heterocycles. The predicted molar refractivity (Wildman–Crippen MR) is 349 cm³/mol. The molecule has 0 aliphatic heterocycles. The normalized spacial score (nSPS) is 13.8. The number of carbonyl (C=O) groups excluding carboxylic acids is 2. The molecule has 0 saturated carbocycles. The molecule has 0 aliphatic carbocycles. The number of nitrogens with zero attached hydrogens (tertiary/aromatic N) is 1. The average Bonchev–Trinajstić information content (AvgIpc) is 3.44. The molecule has 1 N–H and O–H groups in total. The third-order valence-electron chi connectivity index (χ3n) is 15.8. The number of hydrogen-bond donors (Lipinski definition) is 1. The van der Waals surface area contributed by atoms with Crippen LogP contribution in [-0.2, 0) is 27.9 Å². The number of amides is 1. The van der Waals surface area contributed by atoms with Crippen molar-refractivity contribution in [2.75, 3.05) is 40.9 Å². The van der Waals surface area contributed by atoms with Crippen LogP contribution in [0.25, 0.3) is 0 Å². The number of hydrogen-bond acceptors (Lipinski definition) is 7. The molecule has 0 aromatic rings. The molecule has 0 aromatic carbocycles. The van der Waals surface area contributed by atoms with Crippen molar-refractivity contribution in [1.29, 1.82) is 0 Å². The molecular weight excluding hydrogens is 1020 g/mol. The number of quaternary nitrogens is 1. The monoisotopic (exact) mass is 1160 g/mol. The van der Waals surface area contributed by atoms with Gasteiger partial charge >= 0.3 is 5.97 Å². The Balaban J connectivity index is 5.09. The van der Waals surface area contributed by atoms with E-state index < -0.39 is 20.0 Å². The van der Waals surface area contributed by atoms with Crippen LogP contribution in [0.2, 0.25) is 0 Å². The van der Waals surface area contributed by atoms with E-state index in [4.69, 9.17) is 13.8 Å². The molecule has 476 valence electrons. The van der Waals surface area contributed by atoms with Crippen LogP contribution in [0.15, 0.2) is 48.6 Å². The second-order valence-corrected chi connectivity index (χ2v) is 26.5. The third-order valence-corrected chi connectivity index (χ3v) is 16.7. The van der Waals surface area contributed by atoms with Gasteiger partial charge in [0, 0.05) is 12.8 Å². The number of unbranched alkanes of at least 4 members (excludes halogenated alkanes) is 42. The molecule has 3 atom stereocenters. The van der Waals surface area contributed by atoms with Gasteiger partial charge in [0.1, 0.15) is 19.3 Å². The van der Waals surface area contributed by atoms with Crippen molar-refractivity contribution in [2.45, 2.75) is 354 Å². The van der Waals surface area contributed by atoms with Crippen LogP contribution >= 0.6 is 7.82 Å². The van der Waals surface area contributed by atoms with E-state index in [9.17, 15) is 19.0 Å². The summed E-state index contributed by atoms with van der Waals surface area (Å²) < 4.78 is 30.4. The lowest BCUT2D eigenvalue weighted by Gasteiger charge is -2.30. The van der Waals surface area contributed by atoms with Gasteiger partial charge in [0.15, 0.2) is 0 Å². The maximum absolute atomic E-state index is 13.6. The van der Waals surface area contributed by atoms with Crippen LogP contribution < -0.4 is 10.2 Å². The maximum Gasteiger partial charge on any atom is 0.306 e. The molecule has 0 radical (unpaired) electrons. The van der Waals surface area contributed by atoms with Crippen LogP contribution in [0.5, 0.6) is 0 Å². The first-order chi connectivity index (χ1) is 39.4. The van der Waals surface area contributed by atoms with Gasteiger partial charge in [-0.3, -0.25) is 14.2 Å². The summed E-state index contributed by atoms with van der Waals surface area (Å²) in [5, 5.41) is 3.05. The lowest BCUT2D eigenvalue weighted by Crippen LogP contribution is -2.47. The lowest BCUT2D eigenvalue weighted by molar-refractivity contribution is -0.870. The third kappa shape index (κ3) is 62.3. The molecule has 3 unspecified atom stereocenters. The number of carbonyl (C=O) groups is 2. The first kappa shape index (κ1) is 79.0. The highest BCUT2D eigenvalue weighted by molar-refractivity contribution is 7.45. The van der Waals surface area contributed by atoms with E-state index in [0.717, 1.165) is 70.6 Å². The van der Waals surface area contributed by atoms with E-state index in [1.165, 1.54) is 238 Å². The fourth-order valence-electron chi connectivity index (χ4n) is 10.4. The molecule has 0 rings (SSSR count). The number of rotatable bonds is 64. The minimum absolute atomic E-state index is 0.0207. The van der Waals surface area contributed by atoms with Crippen molar-refractivity contribution >= 4 is 19.7 Å². The van der Waals surface area contributed by atoms with Crippen molar-refractivity contribution in [2.24, 2.45) is 0 Å². The van der Waals surface area contributed by atoms with Crippen molar-refractivity contribution in [3.63, 3.8) is 0 Å². The van der Waals surface area contributed by atoms with Gasteiger partial charge in [-0.25, -0.2) is 0 Å². The Kier molecular flexibility index (Phi) is 59.5. The quantitative estimate of drug-likeness (QED) is 0.0212. The Morgan fingerprint density at radius 1 is 0.432 bits per heavy atom. The predicted octanol–water partition coefficient (Wildman–Crippen LogP) is 21.4. The molecule has 0 spiro atoms. The number of nitrogens with one attached hydrogen (secondary N) is 1. The molecular formula is C71H135N2O7P. The largest absolute Gasteiger partial charge is 0.756 e. The SMILES string of the molecule is CCCCC/C=C\C/C=C\C/C=C\CCCCCCCCCCCCCCC(=O)NC(COP(=O)([O-])OCC[N+](C)(C)C)C(/C=C\CCCCCCCCCCCCC)OC(=O)CCCCCCCCCCCCCCCCCCC. The first-order valence-electron chi connectivity index (χ1n) is 34.9. The van der Waals surface area contributed by atoms with Crippen molar-refractivity contribution in [3.05, 3.63) is 48.6 Å². The van der Waals surface area contributed by atoms with E-state index in [2.05, 4.69) is 62.5 Å². The number of phosphoric acid groups is 1. The zero-order valence-corrected chi connectivity index (χ0v) is 55.4. The van der Waals surface area contributed by atoms with E-state index in [1.54, 1.807) is 0 Å². The van der Waals surface area contributed by atoms with Crippen LogP contribution in [0.1, 0.15) is 342 Å². The van der Waals surface area contributed by atoms with Gasteiger partial charge in [0.05, 0.1) is 33.8 Å². The van der Waals surface area contributed by atoms with Crippen LogP contribution in [0.4, 0.5) is 0 Å². The summed E-state index contributed by atoms with van der Waals surface area (Å²) in [5.74, 6) is -0.526. The van der Waals surface area contributed by atoms with E-state index >= 15 is 0 Å². The number of likely N-dealkylation sites (N-methyl/N-ethyl adjacent to an activating group) is 1. The number of phosphoric ester groups is 1. The molecule has 1 amide bonds. The van der Waals surface area contributed by atoms with Crippen molar-refractivity contribution in [1.82, 2.24) is 5.32 Å². The van der Waals surface area contributed by atoms with Gasteiger partial charge in [-0.15, -0.1) is 0 Å². The van der Waals surface area contributed by atoms with E-state index in [-0.39, 0.29) is 31.5 Å². The molecule has 0 fully saturated rings. The van der Waals surface area contributed by atoms with Crippen LogP contribution in [0, 0.1) is 0 Å². The highest BCUT2D eigenvalue weighted by Gasteiger charge is 2.27. The molecule has 10 heteroatoms. The summed E-state index contributed by atoms with van der Waals surface area (Å²) in [6.07, 6.45) is 76.5. The molecule has 9 nitrogen and oxygen atoms in total. The lowest BCUT2D eigenvalue weighted by atomic mass is 10.0. The number of esters is 1. The summed E-state index contributed by atoms with van der Waals surface area (Å²) in [5.41, 5.74) is 0. The van der Waals surface area contributed by atoms with E-state index in [1.807, 2.05) is 33.3 Å². The van der Waals surface area contributed by atoms with E-state index in [0.29, 0.717) is 17.4 Å². The standard InChI is InChI=1S/C71H135N2O7P/c1-7-10-13-16-19-22-25-28-30-32-33-34-35-36-37-38-39-41-42-45-48-51-54-57-60-63-70(74)72-68(67-79-81(76,77)78-66-65-73(4,5)6)69(62-59-56-53-50-47-44-27-24-21-18-15-12-9-3)80-71(75)64-61-58-55-52-49-46-43-40-31-29-26-23-20-17-14-11-8-2/h19,22,28,30,33-34,59,62,68-69H,7-18,20-21,23-27,29,31-32,35-58,60-61,63-67H2,1-6H3,(H-,72,74,76,77)/b22-19-,30-28-,34-33-,62-59-. The summed E-state index contributed by atoms with van der Waals surface area (Å²) in [4.78, 5) is 40.2. The van der Waals surface area contributed by atoms with Crippen molar-refractivity contribution in [3.8, 4) is 0 Å². The zero-order valence-electron chi connectivity index (χ0n) is 54.5. The average molecular weight is 1160 g/mol. The summed E-state index contributed by atoms with van der Waals surface area (Å²) in [6, 6.07) is -0.887. The van der Waals surface area contributed by atoms with Crippen LogP contribution in [-0.4, -0.2) is 69.4 Å². The van der Waals surface area contributed by atoms with Crippen molar-refractivity contribution < 1.29 is 37.3 Å². The molecule has 0 heterocycles. The first-order valence-corrected chi connectivity index (χ1v) is 36.4. The number of ether oxygens (including phenoxy) is 1. The number of allylic oxidation sites excluding steroid dienone is 7. The fraction of sp³-hybridized carbons (Fsp3) is 0.859. The Morgan fingerprint density at radius 2 is 0.753 bits per heavy atom. The molecule has 0 aliphatic rings. The second-order valence-electron chi connectivity index (χ2n) is 25.0. The molecule has 0 aromatic heterocycles. The Morgan fingerprint density at radius 3 is 1.15 bits per heavy atom. The Bertz CT molecular complexity index is 1520. The minimum Gasteiger partial charge on any atom is -0.756 e. The van der Waals surface area contributed by atoms with Crippen LogP contribution in [0.3, 0.4) is 0 Å². The molecule has 0 bridgehead atoms. The van der Waals surface area contributed by atoms with Gasteiger partial charge in [0.2, 0.25) is 5.91 Å². The Hall–Kier alpha value is -2.03. The minimum atomic E-state index is -4.70. The summed E-state index contributed by atoms with van der Waals surface area (Å²) >= 11 is 0. The fourth-order valence-corrected chi connectivity index (χ4v) is 11.1. The van der Waals surface area contributed by atoms with Gasteiger partial charge in [-0.1, -0.05) is 307 Å². The summed E-state index contributed by atoms with van der Waals surface area (Å²) in [7, 11) is 1.20. The van der Waals surface area contributed by atoms with Gasteiger partial charge < -0.3 is 28.5 Å².